The maximum absolute atomic E-state index is 12.1. The molecular formula is C15H26N2O3. The summed E-state index contributed by atoms with van der Waals surface area (Å²) in [5.74, 6) is 0.511. The van der Waals surface area contributed by atoms with Gasteiger partial charge >= 0.3 is 0 Å². The summed E-state index contributed by atoms with van der Waals surface area (Å²) in [4.78, 5) is 26.1. The van der Waals surface area contributed by atoms with Crippen molar-refractivity contribution in [3.63, 3.8) is 0 Å². The molecule has 1 aliphatic carbocycles. The summed E-state index contributed by atoms with van der Waals surface area (Å²) in [5, 5.41) is 11.7. The Balaban J connectivity index is 1.88. The van der Waals surface area contributed by atoms with Crippen molar-refractivity contribution in [2.75, 3.05) is 13.2 Å². The maximum atomic E-state index is 12.1. The molecular weight excluding hydrogens is 256 g/mol. The van der Waals surface area contributed by atoms with E-state index in [1.165, 1.54) is 12.8 Å². The van der Waals surface area contributed by atoms with Gasteiger partial charge in [0, 0.05) is 25.0 Å². The van der Waals surface area contributed by atoms with Crippen LogP contribution in [0.1, 0.15) is 46.0 Å². The summed E-state index contributed by atoms with van der Waals surface area (Å²) in [6.07, 6.45) is 4.79. The third-order valence-electron chi connectivity index (χ3n) is 4.62. The number of rotatable bonds is 4. The molecule has 1 saturated carbocycles. The Morgan fingerprint density at radius 1 is 1.40 bits per heavy atom. The van der Waals surface area contributed by atoms with E-state index in [1.54, 1.807) is 6.92 Å². The fourth-order valence-electron chi connectivity index (χ4n) is 3.22. The van der Waals surface area contributed by atoms with Crippen LogP contribution in [-0.2, 0) is 9.59 Å². The van der Waals surface area contributed by atoms with Crippen LogP contribution in [0.4, 0.5) is 0 Å². The lowest BCUT2D eigenvalue weighted by Crippen LogP contribution is -2.42. The third kappa shape index (κ3) is 3.51. The van der Waals surface area contributed by atoms with Crippen LogP contribution in [0.5, 0.6) is 0 Å². The molecule has 2 fully saturated rings. The standard InChI is InChI=1S/C15H26N2O3/c1-10-3-5-13(6-4-10)17-8-12(7-14(17)19)15(20)16-11(2)9-18/h10-13,18H,3-9H2,1-2H3,(H,16,20). The predicted molar refractivity (Wildman–Crippen MR) is 75.9 cm³/mol. The molecule has 2 aliphatic rings. The summed E-state index contributed by atoms with van der Waals surface area (Å²) in [6, 6.07) is 0.0777. The maximum Gasteiger partial charge on any atom is 0.225 e. The monoisotopic (exact) mass is 282 g/mol. The number of hydrogen-bond donors (Lipinski definition) is 2. The first-order chi connectivity index (χ1) is 9.51. The van der Waals surface area contributed by atoms with Gasteiger partial charge in [0.05, 0.1) is 12.5 Å². The van der Waals surface area contributed by atoms with E-state index in [2.05, 4.69) is 12.2 Å². The molecule has 5 heteroatoms. The summed E-state index contributed by atoms with van der Waals surface area (Å²) < 4.78 is 0. The second-order valence-corrected chi connectivity index (χ2v) is 6.45. The molecule has 2 rings (SSSR count). The average molecular weight is 282 g/mol. The summed E-state index contributed by atoms with van der Waals surface area (Å²) >= 11 is 0. The minimum absolute atomic E-state index is 0.0728. The van der Waals surface area contributed by atoms with E-state index in [4.69, 9.17) is 5.11 Å². The van der Waals surface area contributed by atoms with Crippen LogP contribution in [0.25, 0.3) is 0 Å². The van der Waals surface area contributed by atoms with Gasteiger partial charge in [0.1, 0.15) is 0 Å². The van der Waals surface area contributed by atoms with Gasteiger partial charge in [0.15, 0.2) is 0 Å². The van der Waals surface area contributed by atoms with E-state index in [0.717, 1.165) is 18.8 Å². The minimum atomic E-state index is -0.254. The van der Waals surface area contributed by atoms with E-state index in [1.807, 2.05) is 4.90 Å². The van der Waals surface area contributed by atoms with Gasteiger partial charge in [0.2, 0.25) is 11.8 Å². The highest BCUT2D eigenvalue weighted by molar-refractivity contribution is 5.89. The van der Waals surface area contributed by atoms with Crippen LogP contribution in [-0.4, -0.2) is 47.1 Å². The summed E-state index contributed by atoms with van der Waals surface area (Å²) in [7, 11) is 0. The highest BCUT2D eigenvalue weighted by Crippen LogP contribution is 2.31. The van der Waals surface area contributed by atoms with Crippen LogP contribution in [0.15, 0.2) is 0 Å². The Morgan fingerprint density at radius 2 is 2.05 bits per heavy atom. The molecule has 0 aromatic carbocycles. The Kier molecular flexibility index (Phi) is 5.02. The molecule has 0 spiro atoms. The molecule has 0 aromatic heterocycles. The first-order valence-corrected chi connectivity index (χ1v) is 7.72. The number of aliphatic hydroxyl groups excluding tert-OH is 1. The van der Waals surface area contributed by atoms with E-state index in [-0.39, 0.29) is 30.4 Å². The lowest BCUT2D eigenvalue weighted by molar-refractivity contribution is -0.131. The van der Waals surface area contributed by atoms with Crippen molar-refractivity contribution >= 4 is 11.8 Å². The smallest absolute Gasteiger partial charge is 0.225 e. The number of nitrogens with zero attached hydrogens (tertiary/aromatic N) is 1. The first-order valence-electron chi connectivity index (χ1n) is 7.72. The van der Waals surface area contributed by atoms with Crippen molar-refractivity contribution in [1.82, 2.24) is 10.2 Å². The lowest BCUT2D eigenvalue weighted by Gasteiger charge is -2.33. The van der Waals surface area contributed by atoms with Crippen molar-refractivity contribution in [3.05, 3.63) is 0 Å². The van der Waals surface area contributed by atoms with Crippen LogP contribution in [0.2, 0.25) is 0 Å². The molecule has 2 N–H and O–H groups in total. The average Bonchev–Trinajstić information content (AvgIpc) is 2.81. The molecule has 2 unspecified atom stereocenters. The zero-order valence-corrected chi connectivity index (χ0v) is 12.5. The molecule has 0 bridgehead atoms. The number of nitrogens with one attached hydrogen (secondary N) is 1. The molecule has 1 aliphatic heterocycles. The number of hydrogen-bond acceptors (Lipinski definition) is 3. The second-order valence-electron chi connectivity index (χ2n) is 6.45. The fraction of sp³-hybridized carbons (Fsp3) is 0.867. The quantitative estimate of drug-likeness (QED) is 0.805. The van der Waals surface area contributed by atoms with Crippen molar-refractivity contribution in [1.29, 1.82) is 0 Å². The largest absolute Gasteiger partial charge is 0.394 e. The van der Waals surface area contributed by atoms with Crippen molar-refractivity contribution in [3.8, 4) is 0 Å². The summed E-state index contributed by atoms with van der Waals surface area (Å²) in [6.45, 7) is 4.49. The van der Waals surface area contributed by atoms with Gasteiger partial charge in [-0.3, -0.25) is 9.59 Å². The van der Waals surface area contributed by atoms with Crippen LogP contribution >= 0.6 is 0 Å². The number of likely N-dealkylation sites (tertiary alicyclic amines) is 1. The number of aliphatic hydroxyl groups is 1. The molecule has 114 valence electrons. The van der Waals surface area contributed by atoms with Crippen LogP contribution in [0, 0.1) is 11.8 Å². The van der Waals surface area contributed by atoms with Crippen molar-refractivity contribution < 1.29 is 14.7 Å². The molecule has 0 aromatic rings. The van der Waals surface area contributed by atoms with E-state index >= 15 is 0 Å². The van der Waals surface area contributed by atoms with E-state index in [9.17, 15) is 9.59 Å². The molecule has 5 nitrogen and oxygen atoms in total. The van der Waals surface area contributed by atoms with Gasteiger partial charge in [-0.2, -0.15) is 0 Å². The molecule has 20 heavy (non-hydrogen) atoms. The summed E-state index contributed by atoms with van der Waals surface area (Å²) in [5.41, 5.74) is 0. The molecule has 2 atom stereocenters. The van der Waals surface area contributed by atoms with Crippen LogP contribution in [0.3, 0.4) is 0 Å². The third-order valence-corrected chi connectivity index (χ3v) is 4.62. The normalized spacial score (nSPS) is 32.2. The van der Waals surface area contributed by atoms with Gasteiger partial charge in [-0.05, 0) is 38.5 Å². The number of amides is 2. The van der Waals surface area contributed by atoms with Gasteiger partial charge < -0.3 is 15.3 Å². The first kappa shape index (κ1) is 15.3. The second kappa shape index (κ2) is 6.57. The molecule has 1 saturated heterocycles. The van der Waals surface area contributed by atoms with E-state index < -0.39 is 0 Å². The molecule has 2 amide bonds. The molecule has 1 heterocycles. The van der Waals surface area contributed by atoms with Crippen LogP contribution < -0.4 is 5.32 Å². The van der Waals surface area contributed by atoms with Crippen molar-refractivity contribution in [2.24, 2.45) is 11.8 Å². The van der Waals surface area contributed by atoms with Crippen molar-refractivity contribution in [2.45, 2.75) is 58.0 Å². The zero-order valence-electron chi connectivity index (χ0n) is 12.5. The number of carbonyl (C=O) groups excluding carboxylic acids is 2. The molecule has 0 radical (unpaired) electrons. The minimum Gasteiger partial charge on any atom is -0.394 e. The van der Waals surface area contributed by atoms with Gasteiger partial charge in [-0.1, -0.05) is 6.92 Å². The zero-order chi connectivity index (χ0) is 14.7. The lowest BCUT2D eigenvalue weighted by atomic mass is 9.87. The SMILES string of the molecule is CC1CCC(N2CC(C(=O)NC(C)CO)CC2=O)CC1. The topological polar surface area (TPSA) is 69.6 Å². The van der Waals surface area contributed by atoms with E-state index in [0.29, 0.717) is 19.0 Å². The predicted octanol–water partition coefficient (Wildman–Crippen LogP) is 0.911. The Labute approximate surface area is 120 Å². The Morgan fingerprint density at radius 3 is 2.65 bits per heavy atom. The Bertz CT molecular complexity index is 364. The fourth-order valence-corrected chi connectivity index (χ4v) is 3.22. The van der Waals surface area contributed by atoms with Gasteiger partial charge in [0.25, 0.3) is 0 Å². The highest BCUT2D eigenvalue weighted by atomic mass is 16.3. The highest BCUT2D eigenvalue weighted by Gasteiger charge is 2.38. The number of carbonyl (C=O) groups is 2. The Hall–Kier alpha value is -1.10. The van der Waals surface area contributed by atoms with Gasteiger partial charge in [-0.15, -0.1) is 0 Å². The van der Waals surface area contributed by atoms with Gasteiger partial charge in [-0.25, -0.2) is 0 Å².